The summed E-state index contributed by atoms with van der Waals surface area (Å²) in [4.78, 5) is 0. The van der Waals surface area contributed by atoms with Gasteiger partial charge in [-0.3, -0.25) is 0 Å². The summed E-state index contributed by atoms with van der Waals surface area (Å²) < 4.78 is 53.1. The molecule has 2 fully saturated rings. The molecule has 2 N–H and O–H groups in total. The van der Waals surface area contributed by atoms with Crippen molar-refractivity contribution in [1.82, 2.24) is 0 Å². The van der Waals surface area contributed by atoms with Gasteiger partial charge in [0.05, 0.1) is 52.4 Å². The first-order chi connectivity index (χ1) is 27.2. The Hall–Kier alpha value is -4.26. The molecule has 288 valence electrons. The standard InChI is InChI=1S/C46H51NO8/c47-45-42(39(26-27-49-45)50-29-35-18-8-2-9-19-35)55-46-44(53-32-38-24-14-5-15-25-38)43(52-31-37-22-12-4-13-23-37)41(51-30-36-20-10-3-11-21-36)40(54-46)33-48-28-34-16-6-1-7-17-34/h1-25,39-46H,26-33,47H2/t39-,40-,41+,42+,43+,44-,45-,46+/m1/s1. The Bertz CT molecular complexity index is 1790. The van der Waals surface area contributed by atoms with E-state index in [0.29, 0.717) is 46.1 Å². The van der Waals surface area contributed by atoms with Crippen LogP contribution in [0.3, 0.4) is 0 Å². The van der Waals surface area contributed by atoms with Crippen LogP contribution in [0.25, 0.3) is 0 Å². The molecule has 7 rings (SSSR count). The Morgan fingerprint density at radius 3 is 1.38 bits per heavy atom. The third-order valence-electron chi connectivity index (χ3n) is 9.84. The van der Waals surface area contributed by atoms with E-state index in [1.807, 2.05) is 152 Å². The molecule has 5 aromatic carbocycles. The fourth-order valence-electron chi connectivity index (χ4n) is 6.92. The van der Waals surface area contributed by atoms with Gasteiger partial charge in [0.25, 0.3) is 0 Å². The minimum atomic E-state index is -0.938. The van der Waals surface area contributed by atoms with Crippen LogP contribution in [0.2, 0.25) is 0 Å². The molecule has 55 heavy (non-hydrogen) atoms. The predicted octanol–water partition coefficient (Wildman–Crippen LogP) is 7.36. The van der Waals surface area contributed by atoms with Crippen molar-refractivity contribution in [2.24, 2.45) is 5.73 Å². The van der Waals surface area contributed by atoms with E-state index in [2.05, 4.69) is 0 Å². The number of nitrogens with two attached hydrogens (primary N) is 1. The molecule has 9 heteroatoms. The van der Waals surface area contributed by atoms with Crippen LogP contribution in [0.15, 0.2) is 152 Å². The van der Waals surface area contributed by atoms with Gasteiger partial charge in [-0.25, -0.2) is 0 Å². The molecule has 2 aliphatic rings. The lowest BCUT2D eigenvalue weighted by Crippen LogP contribution is -2.64. The number of ether oxygens (including phenoxy) is 8. The molecule has 0 spiro atoms. The Balaban J connectivity index is 1.20. The zero-order chi connectivity index (χ0) is 37.5. The van der Waals surface area contributed by atoms with Crippen molar-refractivity contribution in [2.45, 2.75) is 88.6 Å². The Morgan fingerprint density at radius 2 is 0.891 bits per heavy atom. The van der Waals surface area contributed by atoms with E-state index in [1.165, 1.54) is 0 Å². The van der Waals surface area contributed by atoms with E-state index in [1.54, 1.807) is 0 Å². The number of benzene rings is 5. The molecule has 2 aliphatic heterocycles. The average molecular weight is 746 g/mol. The lowest BCUT2D eigenvalue weighted by atomic mass is 9.97. The van der Waals surface area contributed by atoms with Crippen molar-refractivity contribution < 1.29 is 37.9 Å². The van der Waals surface area contributed by atoms with Gasteiger partial charge in [0.2, 0.25) is 0 Å². The van der Waals surface area contributed by atoms with E-state index in [-0.39, 0.29) is 12.7 Å². The van der Waals surface area contributed by atoms with Crippen molar-refractivity contribution in [3.63, 3.8) is 0 Å². The smallest absolute Gasteiger partial charge is 0.187 e. The van der Waals surface area contributed by atoms with Gasteiger partial charge in [-0.1, -0.05) is 152 Å². The molecule has 0 aromatic heterocycles. The van der Waals surface area contributed by atoms with E-state index in [0.717, 1.165) is 27.8 Å². The van der Waals surface area contributed by atoms with Crippen molar-refractivity contribution in [1.29, 1.82) is 0 Å². The molecule has 8 atom stereocenters. The molecule has 2 heterocycles. The molecule has 0 saturated carbocycles. The quantitative estimate of drug-likeness (QED) is 0.0987. The third kappa shape index (κ3) is 11.4. The molecule has 0 bridgehead atoms. The predicted molar refractivity (Wildman–Crippen MR) is 208 cm³/mol. The molecular weight excluding hydrogens is 695 g/mol. The SMILES string of the molecule is N[C@@H]1OCC[C@@H](OCc2ccccc2)[C@@H]1O[C@@H]1O[C@H](COCc2ccccc2)[C@H](OCc2ccccc2)[C@H](OCc2ccccc2)[C@H]1OCc1ccccc1. The molecular formula is C46H51NO8. The second-order valence-corrected chi connectivity index (χ2v) is 13.9. The van der Waals surface area contributed by atoms with Crippen LogP contribution in [0.1, 0.15) is 34.2 Å². The molecule has 0 amide bonds. The highest BCUT2D eigenvalue weighted by molar-refractivity contribution is 5.17. The monoisotopic (exact) mass is 745 g/mol. The Labute approximate surface area is 324 Å². The second-order valence-electron chi connectivity index (χ2n) is 13.9. The van der Waals surface area contributed by atoms with Crippen molar-refractivity contribution in [3.8, 4) is 0 Å². The van der Waals surface area contributed by atoms with Crippen molar-refractivity contribution in [3.05, 3.63) is 179 Å². The highest BCUT2D eigenvalue weighted by Crippen LogP contribution is 2.34. The van der Waals surface area contributed by atoms with Crippen LogP contribution in [-0.4, -0.2) is 62.4 Å². The number of rotatable bonds is 18. The van der Waals surface area contributed by atoms with Gasteiger partial charge in [-0.2, -0.15) is 0 Å². The molecule has 0 unspecified atom stereocenters. The minimum Gasteiger partial charge on any atom is -0.374 e. The summed E-state index contributed by atoms with van der Waals surface area (Å²) in [6, 6.07) is 50.3. The molecule has 9 nitrogen and oxygen atoms in total. The normalized spacial score (nSPS) is 25.4. The Kier molecular flexibility index (Phi) is 14.6. The first kappa shape index (κ1) is 39.0. The van der Waals surface area contributed by atoms with Gasteiger partial charge in [0.1, 0.15) is 36.7 Å². The first-order valence-corrected chi connectivity index (χ1v) is 19.1. The van der Waals surface area contributed by atoms with E-state index >= 15 is 0 Å². The summed E-state index contributed by atoms with van der Waals surface area (Å²) in [6.07, 6.45) is -4.67. The maximum atomic E-state index is 6.93. The summed E-state index contributed by atoms with van der Waals surface area (Å²) >= 11 is 0. The van der Waals surface area contributed by atoms with Gasteiger partial charge >= 0.3 is 0 Å². The Morgan fingerprint density at radius 1 is 0.473 bits per heavy atom. The maximum Gasteiger partial charge on any atom is 0.187 e. The average Bonchev–Trinajstić information content (AvgIpc) is 3.24. The lowest BCUT2D eigenvalue weighted by Gasteiger charge is -2.48. The second kappa shape index (κ2) is 20.6. The fraction of sp³-hybridized carbons (Fsp3) is 0.348. The maximum absolute atomic E-state index is 6.93. The summed E-state index contributed by atoms with van der Waals surface area (Å²) in [5.41, 5.74) is 11.8. The summed E-state index contributed by atoms with van der Waals surface area (Å²) in [5, 5.41) is 0. The van der Waals surface area contributed by atoms with Crippen LogP contribution in [0, 0.1) is 0 Å². The molecule has 2 saturated heterocycles. The van der Waals surface area contributed by atoms with E-state index in [9.17, 15) is 0 Å². The van der Waals surface area contributed by atoms with Crippen molar-refractivity contribution >= 4 is 0 Å². The minimum absolute atomic E-state index is 0.214. The molecule has 0 radical (unpaired) electrons. The lowest BCUT2D eigenvalue weighted by molar-refractivity contribution is -0.351. The van der Waals surface area contributed by atoms with Crippen LogP contribution in [0.5, 0.6) is 0 Å². The van der Waals surface area contributed by atoms with Gasteiger partial charge in [-0.15, -0.1) is 0 Å². The highest BCUT2D eigenvalue weighted by Gasteiger charge is 2.51. The third-order valence-corrected chi connectivity index (χ3v) is 9.84. The van der Waals surface area contributed by atoms with E-state index < -0.39 is 43.0 Å². The number of hydrogen-bond donors (Lipinski definition) is 1. The van der Waals surface area contributed by atoms with Crippen LogP contribution < -0.4 is 5.73 Å². The van der Waals surface area contributed by atoms with Crippen LogP contribution in [-0.2, 0) is 70.9 Å². The largest absolute Gasteiger partial charge is 0.374 e. The topological polar surface area (TPSA) is 99.9 Å². The van der Waals surface area contributed by atoms with Gasteiger partial charge < -0.3 is 43.6 Å². The summed E-state index contributed by atoms with van der Waals surface area (Å²) in [5.74, 6) is 0. The summed E-state index contributed by atoms with van der Waals surface area (Å²) in [6.45, 7) is 2.43. The number of hydrogen-bond acceptors (Lipinski definition) is 9. The van der Waals surface area contributed by atoms with Gasteiger partial charge in [-0.05, 0) is 34.2 Å². The van der Waals surface area contributed by atoms with Gasteiger partial charge in [0.15, 0.2) is 6.29 Å². The van der Waals surface area contributed by atoms with Crippen molar-refractivity contribution in [2.75, 3.05) is 13.2 Å². The highest BCUT2D eigenvalue weighted by atomic mass is 16.7. The molecule has 0 aliphatic carbocycles. The zero-order valence-corrected chi connectivity index (χ0v) is 31.1. The fourth-order valence-corrected chi connectivity index (χ4v) is 6.92. The first-order valence-electron chi connectivity index (χ1n) is 19.1. The summed E-state index contributed by atoms with van der Waals surface area (Å²) in [7, 11) is 0. The molecule has 5 aromatic rings. The van der Waals surface area contributed by atoms with Crippen LogP contribution >= 0.6 is 0 Å². The van der Waals surface area contributed by atoms with E-state index in [4.69, 9.17) is 43.6 Å². The zero-order valence-electron chi connectivity index (χ0n) is 31.1. The van der Waals surface area contributed by atoms with Gasteiger partial charge in [0, 0.05) is 0 Å². The van der Waals surface area contributed by atoms with Crippen LogP contribution in [0.4, 0.5) is 0 Å².